The molecule has 1 heterocycles. The zero-order valence-electron chi connectivity index (χ0n) is 9.99. The van der Waals surface area contributed by atoms with Crippen molar-refractivity contribution >= 4 is 34.0 Å². The molecule has 6 heteroatoms. The third-order valence-corrected chi connectivity index (χ3v) is 4.06. The Morgan fingerprint density at radius 1 is 1.44 bits per heavy atom. The fourth-order valence-corrected chi connectivity index (χ4v) is 2.83. The van der Waals surface area contributed by atoms with Gasteiger partial charge in [-0.2, -0.15) is 0 Å². The number of hydrogen-bond acceptors (Lipinski definition) is 4. The second-order valence-electron chi connectivity index (χ2n) is 4.50. The number of piperidine rings is 1. The van der Waals surface area contributed by atoms with Gasteiger partial charge in [-0.3, -0.25) is 10.1 Å². The summed E-state index contributed by atoms with van der Waals surface area (Å²) in [6.45, 7) is 3.11. The Kier molecular flexibility index (Phi) is 4.76. The maximum atomic E-state index is 10.7. The van der Waals surface area contributed by atoms with E-state index in [1.165, 1.54) is 12.8 Å². The van der Waals surface area contributed by atoms with Crippen molar-refractivity contribution in [2.24, 2.45) is 5.92 Å². The molecule has 0 saturated carbocycles. The van der Waals surface area contributed by atoms with Crippen LogP contribution in [0.2, 0.25) is 0 Å². The number of nitro groups is 1. The molecule has 1 fully saturated rings. The van der Waals surface area contributed by atoms with E-state index in [0.717, 1.165) is 25.3 Å². The van der Waals surface area contributed by atoms with Crippen LogP contribution in [-0.4, -0.2) is 24.6 Å². The van der Waals surface area contributed by atoms with Crippen molar-refractivity contribution in [3.63, 3.8) is 0 Å². The third kappa shape index (κ3) is 3.55. The Labute approximate surface area is 120 Å². The van der Waals surface area contributed by atoms with Crippen molar-refractivity contribution in [1.29, 1.82) is 0 Å². The molecule has 1 aromatic carbocycles. The number of halogens is 1. The van der Waals surface area contributed by atoms with Crippen LogP contribution in [0.4, 0.5) is 11.4 Å². The van der Waals surface area contributed by atoms with Gasteiger partial charge in [0.1, 0.15) is 0 Å². The maximum absolute atomic E-state index is 10.7. The molecule has 5 nitrogen and oxygen atoms in total. The Morgan fingerprint density at radius 2 is 2.17 bits per heavy atom. The molecule has 1 aromatic rings. The first-order valence-corrected chi connectivity index (χ1v) is 7.13. The van der Waals surface area contributed by atoms with Crippen LogP contribution in [0.3, 0.4) is 0 Å². The molecule has 0 bridgehead atoms. The highest BCUT2D eigenvalue weighted by molar-refractivity contribution is 14.1. The van der Waals surface area contributed by atoms with Gasteiger partial charge in [0.05, 0.1) is 8.49 Å². The first-order valence-electron chi connectivity index (χ1n) is 6.05. The van der Waals surface area contributed by atoms with Gasteiger partial charge in [-0.25, -0.2) is 0 Å². The van der Waals surface area contributed by atoms with Crippen molar-refractivity contribution < 1.29 is 4.92 Å². The van der Waals surface area contributed by atoms with Gasteiger partial charge >= 0.3 is 0 Å². The van der Waals surface area contributed by atoms with Gasteiger partial charge in [-0.15, -0.1) is 0 Å². The Bertz CT molecular complexity index is 433. The highest BCUT2D eigenvalue weighted by Gasteiger charge is 2.14. The van der Waals surface area contributed by atoms with Crippen LogP contribution in [0.15, 0.2) is 18.2 Å². The van der Waals surface area contributed by atoms with Crippen LogP contribution >= 0.6 is 22.6 Å². The zero-order valence-corrected chi connectivity index (χ0v) is 12.1. The largest absolute Gasteiger partial charge is 0.385 e. The lowest BCUT2D eigenvalue weighted by molar-refractivity contribution is -0.385. The molecule has 0 amide bonds. The topological polar surface area (TPSA) is 67.2 Å². The summed E-state index contributed by atoms with van der Waals surface area (Å²) < 4.78 is 0.674. The lowest BCUT2D eigenvalue weighted by Crippen LogP contribution is -2.31. The van der Waals surface area contributed by atoms with E-state index in [0.29, 0.717) is 9.49 Å². The van der Waals surface area contributed by atoms with E-state index in [4.69, 9.17) is 0 Å². The summed E-state index contributed by atoms with van der Waals surface area (Å²) in [5.74, 6) is 0.694. The Morgan fingerprint density at radius 3 is 2.78 bits per heavy atom. The molecule has 0 atom stereocenters. The summed E-state index contributed by atoms with van der Waals surface area (Å²) in [6, 6.07) is 5.17. The first-order chi connectivity index (χ1) is 8.66. The number of nitro benzene ring substituents is 1. The van der Waals surface area contributed by atoms with E-state index in [-0.39, 0.29) is 10.6 Å². The summed E-state index contributed by atoms with van der Waals surface area (Å²) in [5, 5.41) is 17.4. The molecule has 1 aliphatic heterocycles. The van der Waals surface area contributed by atoms with Gasteiger partial charge in [0.15, 0.2) is 0 Å². The predicted octanol–water partition coefficient (Wildman–Crippen LogP) is 2.61. The summed E-state index contributed by atoms with van der Waals surface area (Å²) in [5.41, 5.74) is 1.13. The molecule has 18 heavy (non-hydrogen) atoms. The van der Waals surface area contributed by atoms with Gasteiger partial charge < -0.3 is 10.6 Å². The van der Waals surface area contributed by atoms with E-state index in [2.05, 4.69) is 10.6 Å². The van der Waals surface area contributed by atoms with Crippen LogP contribution in [0.1, 0.15) is 12.8 Å². The van der Waals surface area contributed by atoms with E-state index in [9.17, 15) is 10.1 Å². The summed E-state index contributed by atoms with van der Waals surface area (Å²) in [7, 11) is 0. The summed E-state index contributed by atoms with van der Waals surface area (Å²) in [6.07, 6.45) is 2.38. The van der Waals surface area contributed by atoms with Crippen molar-refractivity contribution in [2.45, 2.75) is 12.8 Å². The zero-order chi connectivity index (χ0) is 13.0. The molecular weight excluding hydrogens is 345 g/mol. The van der Waals surface area contributed by atoms with Gasteiger partial charge in [0.2, 0.25) is 0 Å². The number of nitrogens with one attached hydrogen (secondary N) is 2. The fraction of sp³-hybridized carbons (Fsp3) is 0.500. The third-order valence-electron chi connectivity index (χ3n) is 3.20. The monoisotopic (exact) mass is 361 g/mol. The molecule has 0 spiro atoms. The van der Waals surface area contributed by atoms with E-state index in [1.54, 1.807) is 12.1 Å². The van der Waals surface area contributed by atoms with Gasteiger partial charge in [0.25, 0.3) is 5.69 Å². The minimum absolute atomic E-state index is 0.169. The molecule has 1 saturated heterocycles. The van der Waals surface area contributed by atoms with Crippen LogP contribution in [0, 0.1) is 19.6 Å². The number of rotatable bonds is 4. The number of benzene rings is 1. The second-order valence-corrected chi connectivity index (χ2v) is 5.66. The number of anilines is 1. The van der Waals surface area contributed by atoms with Crippen molar-refractivity contribution in [2.75, 3.05) is 25.0 Å². The molecule has 98 valence electrons. The van der Waals surface area contributed by atoms with Crippen molar-refractivity contribution in [3.8, 4) is 0 Å². The standard InChI is InChI=1S/C12H16IN3O2/c13-11-7-10(1-2-12(11)16(17)18)15-8-9-3-5-14-6-4-9/h1-2,7,9,14-15H,3-6,8H2. The van der Waals surface area contributed by atoms with E-state index < -0.39 is 0 Å². The lowest BCUT2D eigenvalue weighted by atomic mass is 9.98. The van der Waals surface area contributed by atoms with Gasteiger partial charge in [0, 0.05) is 18.3 Å². The molecule has 1 aliphatic rings. The average Bonchev–Trinajstić information content (AvgIpc) is 2.37. The molecule has 0 unspecified atom stereocenters. The van der Waals surface area contributed by atoms with Crippen molar-refractivity contribution in [3.05, 3.63) is 31.9 Å². The SMILES string of the molecule is O=[N+]([O-])c1ccc(NCC2CCNCC2)cc1I. The molecule has 2 rings (SSSR count). The number of hydrogen-bond donors (Lipinski definition) is 2. The molecule has 2 N–H and O–H groups in total. The lowest BCUT2D eigenvalue weighted by Gasteiger charge is -2.23. The van der Waals surface area contributed by atoms with Crippen LogP contribution in [0.25, 0.3) is 0 Å². The van der Waals surface area contributed by atoms with Crippen LogP contribution in [-0.2, 0) is 0 Å². The molecular formula is C12H16IN3O2. The first kappa shape index (κ1) is 13.5. The normalized spacial score (nSPS) is 16.5. The second kappa shape index (κ2) is 6.33. The number of nitrogens with zero attached hydrogens (tertiary/aromatic N) is 1. The van der Waals surface area contributed by atoms with Crippen LogP contribution < -0.4 is 10.6 Å². The van der Waals surface area contributed by atoms with E-state index in [1.807, 2.05) is 28.7 Å². The summed E-state index contributed by atoms with van der Waals surface area (Å²) >= 11 is 2.00. The molecule has 0 radical (unpaired) electrons. The highest BCUT2D eigenvalue weighted by atomic mass is 127. The van der Waals surface area contributed by atoms with Crippen molar-refractivity contribution in [1.82, 2.24) is 5.32 Å². The molecule has 0 aromatic heterocycles. The fourth-order valence-electron chi connectivity index (χ4n) is 2.11. The average molecular weight is 361 g/mol. The maximum Gasteiger partial charge on any atom is 0.282 e. The summed E-state index contributed by atoms with van der Waals surface area (Å²) in [4.78, 5) is 10.4. The van der Waals surface area contributed by atoms with E-state index >= 15 is 0 Å². The van der Waals surface area contributed by atoms with Gasteiger partial charge in [-0.05, 0) is 66.6 Å². The quantitative estimate of drug-likeness (QED) is 0.492. The smallest absolute Gasteiger partial charge is 0.282 e. The van der Waals surface area contributed by atoms with Crippen LogP contribution in [0.5, 0.6) is 0 Å². The highest BCUT2D eigenvalue weighted by Crippen LogP contribution is 2.24. The predicted molar refractivity (Wildman–Crippen MR) is 79.9 cm³/mol. The minimum Gasteiger partial charge on any atom is -0.385 e. The Balaban J connectivity index is 1.93. The Hall–Kier alpha value is -0.890. The molecule has 0 aliphatic carbocycles. The van der Waals surface area contributed by atoms with Gasteiger partial charge in [-0.1, -0.05) is 0 Å². The minimum atomic E-state index is -0.349.